The van der Waals surface area contributed by atoms with Crippen LogP contribution in [0.1, 0.15) is 48.4 Å². The fourth-order valence-corrected chi connectivity index (χ4v) is 2.55. The Morgan fingerprint density at radius 1 is 0.750 bits per heavy atom. The number of hydrogen-bond acceptors (Lipinski definition) is 1. The highest BCUT2D eigenvalue weighted by Gasteiger charge is 2.72. The number of rotatable bonds is 3. The molecule has 0 radical (unpaired) electrons. The van der Waals surface area contributed by atoms with Crippen molar-refractivity contribution in [2.45, 2.75) is 56.5 Å². The second-order valence-corrected chi connectivity index (χ2v) is 6.00. The van der Waals surface area contributed by atoms with E-state index in [2.05, 4.69) is 0 Å². The molecular formula is C15H12F12O. The van der Waals surface area contributed by atoms with Gasteiger partial charge in [0.1, 0.15) is 0 Å². The highest BCUT2D eigenvalue weighted by Crippen LogP contribution is 2.53. The molecule has 162 valence electrons. The van der Waals surface area contributed by atoms with Gasteiger partial charge >= 0.3 is 24.7 Å². The van der Waals surface area contributed by atoms with Crippen molar-refractivity contribution in [2.24, 2.45) is 0 Å². The first-order valence-corrected chi connectivity index (χ1v) is 7.38. The molecule has 13 heteroatoms. The fourth-order valence-electron chi connectivity index (χ4n) is 2.55. The van der Waals surface area contributed by atoms with Gasteiger partial charge in [0.05, 0.1) is 11.1 Å². The van der Waals surface area contributed by atoms with E-state index in [1.807, 2.05) is 0 Å². The molecule has 1 aromatic rings. The van der Waals surface area contributed by atoms with Crippen LogP contribution in [0, 0.1) is 0 Å². The number of benzene rings is 1. The zero-order valence-electron chi connectivity index (χ0n) is 13.9. The molecular weight excluding hydrogens is 424 g/mol. The molecule has 0 saturated carbocycles. The van der Waals surface area contributed by atoms with Gasteiger partial charge in [0, 0.05) is 5.56 Å². The zero-order valence-corrected chi connectivity index (χ0v) is 13.9. The van der Waals surface area contributed by atoms with Crippen LogP contribution in [0.25, 0.3) is 0 Å². The Labute approximate surface area is 149 Å². The Hall–Kier alpha value is -1.66. The van der Waals surface area contributed by atoms with Crippen LogP contribution in [0.2, 0.25) is 0 Å². The predicted molar refractivity (Wildman–Crippen MR) is 71.2 cm³/mol. The first kappa shape index (κ1) is 24.4. The van der Waals surface area contributed by atoms with Gasteiger partial charge < -0.3 is 5.11 Å². The van der Waals surface area contributed by atoms with Gasteiger partial charge in [-0.05, 0) is 30.0 Å². The van der Waals surface area contributed by atoms with Crippen LogP contribution in [0.3, 0.4) is 0 Å². The summed E-state index contributed by atoms with van der Waals surface area (Å²) in [6.45, 7) is 2.08. The molecule has 0 fully saturated rings. The van der Waals surface area contributed by atoms with Crippen molar-refractivity contribution in [3.05, 3.63) is 34.4 Å². The Bertz CT molecular complexity index is 659. The summed E-state index contributed by atoms with van der Waals surface area (Å²) in [6, 6.07) is -1.48. The van der Waals surface area contributed by atoms with Gasteiger partial charge in [0.2, 0.25) is 0 Å². The monoisotopic (exact) mass is 436 g/mol. The maximum Gasteiger partial charge on any atom is 0.430 e. The summed E-state index contributed by atoms with van der Waals surface area (Å²) in [5.41, 5.74) is -14.7. The first-order chi connectivity index (χ1) is 12.2. The molecule has 1 N–H and O–H groups in total. The van der Waals surface area contributed by atoms with Crippen molar-refractivity contribution >= 4 is 0 Å². The minimum absolute atomic E-state index is 0.325. The summed E-state index contributed by atoms with van der Waals surface area (Å²) in [7, 11) is 0. The van der Waals surface area contributed by atoms with E-state index in [1.54, 1.807) is 0 Å². The summed E-state index contributed by atoms with van der Waals surface area (Å²) < 4.78 is 157. The smallest absolute Gasteiger partial charge is 0.369 e. The molecule has 1 rings (SSSR count). The number of halogens is 12. The fraction of sp³-hybridized carbons (Fsp3) is 0.600. The highest BCUT2D eigenvalue weighted by atomic mass is 19.4. The van der Waals surface area contributed by atoms with Crippen LogP contribution in [0.15, 0.2) is 12.1 Å². The van der Waals surface area contributed by atoms with Gasteiger partial charge in [-0.2, -0.15) is 52.7 Å². The van der Waals surface area contributed by atoms with Gasteiger partial charge in [-0.1, -0.05) is 13.8 Å². The topological polar surface area (TPSA) is 20.2 Å². The maximum absolute atomic E-state index is 13.3. The molecule has 0 aliphatic carbocycles. The van der Waals surface area contributed by atoms with E-state index in [4.69, 9.17) is 0 Å². The first-order valence-electron chi connectivity index (χ1n) is 7.38. The maximum atomic E-state index is 13.3. The van der Waals surface area contributed by atoms with Crippen molar-refractivity contribution < 1.29 is 57.8 Å². The molecule has 0 saturated heterocycles. The van der Waals surface area contributed by atoms with E-state index in [1.165, 1.54) is 6.92 Å². The SMILES string of the molecule is CCC(C)c1c(C(F)(F)F)cc(C(O)(C(F)(F)F)C(F)(F)F)cc1C(F)(F)F. The van der Waals surface area contributed by atoms with Crippen LogP contribution < -0.4 is 0 Å². The van der Waals surface area contributed by atoms with Gasteiger partial charge in [0.15, 0.2) is 0 Å². The van der Waals surface area contributed by atoms with Crippen molar-refractivity contribution in [3.63, 3.8) is 0 Å². The summed E-state index contributed by atoms with van der Waals surface area (Å²) in [6.07, 6.45) is -25.0. The minimum Gasteiger partial charge on any atom is -0.369 e. The Morgan fingerprint density at radius 2 is 1.07 bits per heavy atom. The molecule has 0 bridgehead atoms. The summed E-state index contributed by atoms with van der Waals surface area (Å²) in [5.74, 6) is -1.51. The molecule has 1 nitrogen and oxygen atoms in total. The Kier molecular flexibility index (Phi) is 6.09. The van der Waals surface area contributed by atoms with Crippen molar-refractivity contribution in [1.82, 2.24) is 0 Å². The number of hydrogen-bond donors (Lipinski definition) is 1. The lowest BCUT2D eigenvalue weighted by molar-refractivity contribution is -0.376. The molecule has 28 heavy (non-hydrogen) atoms. The van der Waals surface area contributed by atoms with Crippen molar-refractivity contribution in [2.75, 3.05) is 0 Å². The molecule has 1 unspecified atom stereocenters. The molecule has 1 atom stereocenters. The molecule has 0 heterocycles. The highest BCUT2D eigenvalue weighted by molar-refractivity contribution is 5.47. The zero-order chi connectivity index (χ0) is 22.5. The molecule has 1 aromatic carbocycles. The Balaban J connectivity index is 4.16. The molecule has 0 spiro atoms. The molecule has 0 aliphatic heterocycles. The third kappa shape index (κ3) is 4.18. The van der Waals surface area contributed by atoms with Crippen molar-refractivity contribution in [1.29, 1.82) is 0 Å². The molecule has 0 amide bonds. The standard InChI is InChI=1S/C15H12F12O/c1-3-6(2)10-8(12(16,17)18)4-7(5-9(10)13(19,20)21)11(28,14(22,23)24)15(25,26)27/h4-6,28H,3H2,1-2H3. The van der Waals surface area contributed by atoms with E-state index < -0.39 is 70.6 Å². The van der Waals surface area contributed by atoms with E-state index >= 15 is 0 Å². The lowest BCUT2D eigenvalue weighted by Gasteiger charge is -2.34. The van der Waals surface area contributed by atoms with Crippen LogP contribution >= 0.6 is 0 Å². The van der Waals surface area contributed by atoms with Crippen LogP contribution in [0.5, 0.6) is 0 Å². The van der Waals surface area contributed by atoms with Gasteiger partial charge in [-0.25, -0.2) is 0 Å². The summed E-state index contributed by atoms with van der Waals surface area (Å²) in [4.78, 5) is 0. The quantitative estimate of drug-likeness (QED) is 0.533. The lowest BCUT2D eigenvalue weighted by Crippen LogP contribution is -2.54. The second kappa shape index (κ2) is 6.99. The van der Waals surface area contributed by atoms with Crippen LogP contribution in [-0.4, -0.2) is 17.5 Å². The summed E-state index contributed by atoms with van der Waals surface area (Å²) >= 11 is 0. The molecule has 0 aliphatic rings. The van der Waals surface area contributed by atoms with E-state index in [9.17, 15) is 57.8 Å². The third-order valence-corrected chi connectivity index (χ3v) is 4.13. The Morgan fingerprint density at radius 3 is 1.29 bits per heavy atom. The summed E-state index contributed by atoms with van der Waals surface area (Å²) in [5, 5.41) is 9.24. The lowest BCUT2D eigenvalue weighted by atomic mass is 9.82. The van der Waals surface area contributed by atoms with E-state index in [0.717, 1.165) is 6.92 Å². The third-order valence-electron chi connectivity index (χ3n) is 4.13. The van der Waals surface area contributed by atoms with E-state index in [-0.39, 0.29) is 6.42 Å². The normalized spacial score (nSPS) is 15.7. The van der Waals surface area contributed by atoms with Gasteiger partial charge in [0.25, 0.3) is 5.60 Å². The van der Waals surface area contributed by atoms with Gasteiger partial charge in [-0.15, -0.1) is 0 Å². The van der Waals surface area contributed by atoms with Crippen molar-refractivity contribution in [3.8, 4) is 0 Å². The predicted octanol–water partition coefficient (Wildman–Crippen LogP) is 6.55. The van der Waals surface area contributed by atoms with Gasteiger partial charge in [-0.3, -0.25) is 0 Å². The minimum atomic E-state index is -6.64. The molecule has 0 aromatic heterocycles. The largest absolute Gasteiger partial charge is 0.430 e. The second-order valence-electron chi connectivity index (χ2n) is 6.00. The average molecular weight is 436 g/mol. The average Bonchev–Trinajstić information content (AvgIpc) is 2.48. The van der Waals surface area contributed by atoms with E-state index in [0.29, 0.717) is 0 Å². The van der Waals surface area contributed by atoms with Crippen LogP contribution in [-0.2, 0) is 18.0 Å². The van der Waals surface area contributed by atoms with Crippen LogP contribution in [0.4, 0.5) is 52.7 Å². The number of aliphatic hydroxyl groups is 1. The number of alkyl halides is 12.